The van der Waals surface area contributed by atoms with Crippen LogP contribution in [0.4, 0.5) is 10.5 Å². The summed E-state index contributed by atoms with van der Waals surface area (Å²) in [6.45, 7) is 9.14. The van der Waals surface area contributed by atoms with E-state index in [2.05, 4.69) is 10.3 Å². The molecule has 158 valence electrons. The maximum absolute atomic E-state index is 11.9. The number of rotatable bonds is 6. The predicted molar refractivity (Wildman–Crippen MR) is 113 cm³/mol. The zero-order valence-corrected chi connectivity index (χ0v) is 18.6. The molecule has 1 aromatic heterocycles. The summed E-state index contributed by atoms with van der Waals surface area (Å²) < 4.78 is 7.08. The maximum atomic E-state index is 11.9. The molecule has 2 aromatic rings. The summed E-state index contributed by atoms with van der Waals surface area (Å²) in [5.74, 6) is -0.838. The van der Waals surface area contributed by atoms with E-state index >= 15 is 0 Å². The van der Waals surface area contributed by atoms with Crippen molar-refractivity contribution in [3.05, 3.63) is 45.5 Å². The van der Waals surface area contributed by atoms with Gasteiger partial charge >= 0.3 is 12.1 Å². The number of carbonyl (C=O) groups is 2. The van der Waals surface area contributed by atoms with Gasteiger partial charge in [0.15, 0.2) is 5.15 Å². The van der Waals surface area contributed by atoms with Crippen molar-refractivity contribution in [3.63, 3.8) is 0 Å². The summed E-state index contributed by atoms with van der Waals surface area (Å²) in [6, 6.07) is 5.14. The Labute approximate surface area is 180 Å². The number of amides is 1. The van der Waals surface area contributed by atoms with Crippen LogP contribution in [0.15, 0.2) is 18.2 Å². The van der Waals surface area contributed by atoms with Crippen molar-refractivity contribution in [1.82, 2.24) is 9.55 Å². The van der Waals surface area contributed by atoms with Crippen LogP contribution in [0.5, 0.6) is 0 Å². The van der Waals surface area contributed by atoms with Crippen LogP contribution >= 0.6 is 23.2 Å². The van der Waals surface area contributed by atoms with Gasteiger partial charge in [-0.25, -0.2) is 9.78 Å². The molecule has 0 aliphatic heterocycles. The van der Waals surface area contributed by atoms with Gasteiger partial charge in [-0.2, -0.15) is 0 Å². The third-order valence-corrected chi connectivity index (χ3v) is 4.82. The van der Waals surface area contributed by atoms with Crippen molar-refractivity contribution in [2.45, 2.75) is 53.2 Å². The summed E-state index contributed by atoms with van der Waals surface area (Å²) in [7, 11) is 0. The Bertz CT molecular complexity index is 919. The molecule has 29 heavy (non-hydrogen) atoms. The number of benzene rings is 1. The van der Waals surface area contributed by atoms with E-state index in [9.17, 15) is 14.7 Å². The Balaban J connectivity index is 2.21. The topological polar surface area (TPSA) is 93.5 Å². The van der Waals surface area contributed by atoms with Crippen molar-refractivity contribution < 1.29 is 19.4 Å². The lowest BCUT2D eigenvalue weighted by atomic mass is 10.1. The third kappa shape index (κ3) is 6.37. The molecular formula is C20H25Cl2N3O4. The van der Waals surface area contributed by atoms with E-state index in [1.54, 1.807) is 52.8 Å². The smallest absolute Gasteiger partial charge is 0.412 e. The Morgan fingerprint density at radius 2 is 1.97 bits per heavy atom. The number of anilines is 1. The first-order valence-electron chi connectivity index (χ1n) is 9.10. The quantitative estimate of drug-likeness (QED) is 0.645. The van der Waals surface area contributed by atoms with Crippen molar-refractivity contribution >= 4 is 41.0 Å². The number of carbonyl (C=O) groups excluding carboxylic acids is 1. The zero-order valence-electron chi connectivity index (χ0n) is 17.0. The second-order valence-electron chi connectivity index (χ2n) is 7.86. The van der Waals surface area contributed by atoms with E-state index in [4.69, 9.17) is 27.9 Å². The van der Waals surface area contributed by atoms with Crippen molar-refractivity contribution in [3.8, 4) is 0 Å². The molecule has 0 aliphatic carbocycles. The van der Waals surface area contributed by atoms with E-state index in [1.165, 1.54) is 0 Å². The van der Waals surface area contributed by atoms with Crippen LogP contribution in [0, 0.1) is 12.8 Å². The third-order valence-electron chi connectivity index (χ3n) is 4.16. The molecule has 0 aliphatic rings. The first-order valence-corrected chi connectivity index (χ1v) is 9.85. The number of aliphatic carboxylic acids is 1. The Morgan fingerprint density at radius 3 is 2.52 bits per heavy atom. The Kier molecular flexibility index (Phi) is 7.19. The van der Waals surface area contributed by atoms with Crippen LogP contribution in [-0.4, -0.2) is 32.3 Å². The Hall–Kier alpha value is -2.25. The van der Waals surface area contributed by atoms with Crippen LogP contribution < -0.4 is 5.32 Å². The number of carboxylic acid groups (broad SMARTS) is 1. The second-order valence-corrected chi connectivity index (χ2v) is 8.62. The molecule has 1 amide bonds. The van der Waals surface area contributed by atoms with Gasteiger partial charge in [0.25, 0.3) is 0 Å². The summed E-state index contributed by atoms with van der Waals surface area (Å²) in [6.07, 6.45) is -0.311. The standard InChI is InChI=1S/C20H25Cl2N3O4/c1-11(18(26)27)8-16-17(22)23-12(2)25(16)10-13-6-7-14(9-15(13)21)24-19(28)29-20(3,4)5/h6-7,9,11H,8,10H2,1-5H3,(H,24,28)(H,26,27). The Morgan fingerprint density at radius 1 is 1.31 bits per heavy atom. The monoisotopic (exact) mass is 441 g/mol. The van der Waals surface area contributed by atoms with Crippen LogP contribution in [0.1, 0.15) is 44.8 Å². The van der Waals surface area contributed by atoms with Crippen LogP contribution in [-0.2, 0) is 22.5 Å². The number of halogens is 2. The summed E-state index contributed by atoms with van der Waals surface area (Å²) in [4.78, 5) is 27.4. The molecule has 2 N–H and O–H groups in total. The number of hydrogen-bond donors (Lipinski definition) is 2. The predicted octanol–water partition coefficient (Wildman–Crippen LogP) is 5.16. The average molecular weight is 442 g/mol. The fraction of sp³-hybridized carbons (Fsp3) is 0.450. The summed E-state index contributed by atoms with van der Waals surface area (Å²) in [5.41, 5.74) is 1.33. The lowest BCUT2D eigenvalue weighted by Gasteiger charge is -2.20. The number of imidazole rings is 1. The van der Waals surface area contributed by atoms with E-state index < -0.39 is 23.6 Å². The number of hydrogen-bond acceptors (Lipinski definition) is 4. The van der Waals surface area contributed by atoms with Crippen LogP contribution in [0.2, 0.25) is 10.2 Å². The molecule has 0 bridgehead atoms. The number of aryl methyl sites for hydroxylation is 1. The molecule has 1 atom stereocenters. The van der Waals surface area contributed by atoms with Crippen LogP contribution in [0.3, 0.4) is 0 Å². The van der Waals surface area contributed by atoms with Crippen molar-refractivity contribution in [2.75, 3.05) is 5.32 Å². The highest BCUT2D eigenvalue weighted by atomic mass is 35.5. The minimum absolute atomic E-state index is 0.255. The molecule has 9 heteroatoms. The van der Waals surface area contributed by atoms with Gasteiger partial charge in [-0.05, 0) is 45.4 Å². The van der Waals surface area contributed by atoms with E-state index in [0.717, 1.165) is 5.56 Å². The van der Waals surface area contributed by atoms with Gasteiger partial charge in [0.05, 0.1) is 18.2 Å². The summed E-state index contributed by atoms with van der Waals surface area (Å²) in [5, 5.41) is 12.6. The van der Waals surface area contributed by atoms with Crippen LogP contribution in [0.25, 0.3) is 0 Å². The molecular weight excluding hydrogens is 417 g/mol. The largest absolute Gasteiger partial charge is 0.481 e. The zero-order chi connectivity index (χ0) is 21.9. The average Bonchev–Trinajstić information content (AvgIpc) is 2.82. The highest BCUT2D eigenvalue weighted by Gasteiger charge is 2.21. The molecule has 1 heterocycles. The maximum Gasteiger partial charge on any atom is 0.412 e. The summed E-state index contributed by atoms with van der Waals surface area (Å²) >= 11 is 12.6. The van der Waals surface area contributed by atoms with Gasteiger partial charge in [-0.3, -0.25) is 10.1 Å². The van der Waals surface area contributed by atoms with Gasteiger partial charge in [0.1, 0.15) is 11.4 Å². The second kappa shape index (κ2) is 9.05. The van der Waals surface area contributed by atoms with E-state index in [0.29, 0.717) is 28.8 Å². The lowest BCUT2D eigenvalue weighted by molar-refractivity contribution is -0.141. The molecule has 1 aromatic carbocycles. The number of carboxylic acids is 1. The lowest BCUT2D eigenvalue weighted by Crippen LogP contribution is -2.27. The van der Waals surface area contributed by atoms with E-state index in [1.807, 2.05) is 4.57 Å². The van der Waals surface area contributed by atoms with Gasteiger partial charge in [0.2, 0.25) is 0 Å². The highest BCUT2D eigenvalue weighted by Crippen LogP contribution is 2.26. The fourth-order valence-corrected chi connectivity index (χ4v) is 3.24. The van der Waals surface area contributed by atoms with E-state index in [-0.39, 0.29) is 11.6 Å². The first kappa shape index (κ1) is 23.0. The normalized spacial score (nSPS) is 12.5. The SMILES string of the molecule is Cc1nc(Cl)c(CC(C)C(=O)O)n1Cc1ccc(NC(=O)OC(C)(C)C)cc1Cl. The number of nitrogens with zero attached hydrogens (tertiary/aromatic N) is 2. The van der Waals surface area contributed by atoms with Gasteiger partial charge < -0.3 is 14.4 Å². The molecule has 0 spiro atoms. The molecule has 0 saturated heterocycles. The fourth-order valence-electron chi connectivity index (χ4n) is 2.70. The minimum Gasteiger partial charge on any atom is -0.481 e. The molecule has 7 nitrogen and oxygen atoms in total. The number of nitrogens with one attached hydrogen (secondary N) is 1. The highest BCUT2D eigenvalue weighted by molar-refractivity contribution is 6.31. The number of ether oxygens (including phenoxy) is 1. The molecule has 1 unspecified atom stereocenters. The first-order chi connectivity index (χ1) is 13.4. The van der Waals surface area contributed by atoms with Crippen molar-refractivity contribution in [2.24, 2.45) is 5.92 Å². The molecule has 2 rings (SSSR count). The minimum atomic E-state index is -0.901. The number of aromatic nitrogens is 2. The van der Waals surface area contributed by atoms with Gasteiger partial charge in [0, 0.05) is 17.1 Å². The van der Waals surface area contributed by atoms with Gasteiger partial charge in [-0.1, -0.05) is 36.2 Å². The molecule has 0 saturated carbocycles. The molecule has 0 radical (unpaired) electrons. The van der Waals surface area contributed by atoms with Crippen molar-refractivity contribution in [1.29, 1.82) is 0 Å². The molecule has 0 fully saturated rings. The van der Waals surface area contributed by atoms with Gasteiger partial charge in [-0.15, -0.1) is 0 Å².